The highest BCUT2D eigenvalue weighted by Gasteiger charge is 2.64. The van der Waals surface area contributed by atoms with Crippen molar-refractivity contribution in [3.8, 4) is 11.3 Å². The molecule has 6 heterocycles. The highest BCUT2D eigenvalue weighted by atomic mass is 79.9. The summed E-state index contributed by atoms with van der Waals surface area (Å²) in [5.74, 6) is 0.249. The third-order valence-corrected chi connectivity index (χ3v) is 10.5. The molecule has 3 aliphatic rings. The standard InChI is InChI=1S/C34H37BrFN9O3/c1-19(46)30-23-11-24(22-14-37-20(2)38-15-22)39-16-26(23)44(42-30)18-29(47)45-25(12-33(3)13-27(33)45)32(48)41-31-21(5-6-28(35)40-31)17-43-9-7-34(4,36)8-10-43/h5-6,11,14-16,25,27H,7-10,12-13,17-18H2,1-4H3,(H,40,41,48)/t25-,27+,33-/m0/s1. The molecule has 12 nitrogen and oxygen atoms in total. The zero-order chi connectivity index (χ0) is 34.0. The molecule has 3 atom stereocenters. The van der Waals surface area contributed by atoms with E-state index >= 15 is 0 Å². The number of piperidine rings is 2. The van der Waals surface area contributed by atoms with Crippen molar-refractivity contribution in [1.82, 2.24) is 39.5 Å². The number of nitrogens with one attached hydrogen (secondary N) is 1. The van der Waals surface area contributed by atoms with Gasteiger partial charge in [0.25, 0.3) is 0 Å². The lowest BCUT2D eigenvalue weighted by Crippen LogP contribution is -2.47. The fourth-order valence-corrected chi connectivity index (χ4v) is 7.33. The van der Waals surface area contributed by atoms with Crippen LogP contribution in [0.2, 0.25) is 0 Å². The van der Waals surface area contributed by atoms with Crippen LogP contribution in [0.5, 0.6) is 0 Å². The molecule has 2 aliphatic heterocycles. The Labute approximate surface area is 285 Å². The van der Waals surface area contributed by atoms with Crippen LogP contribution in [0.15, 0.2) is 41.4 Å². The van der Waals surface area contributed by atoms with Gasteiger partial charge in [-0.15, -0.1) is 0 Å². The number of fused-ring (bicyclic) bond motifs is 2. The molecule has 7 rings (SSSR count). The number of aryl methyl sites for hydroxylation is 1. The molecule has 0 bridgehead atoms. The zero-order valence-electron chi connectivity index (χ0n) is 27.3. The van der Waals surface area contributed by atoms with Crippen LogP contribution in [0.25, 0.3) is 22.2 Å². The van der Waals surface area contributed by atoms with Crippen LogP contribution in [0, 0.1) is 12.3 Å². The predicted molar refractivity (Wildman–Crippen MR) is 180 cm³/mol. The van der Waals surface area contributed by atoms with Crippen LogP contribution >= 0.6 is 15.9 Å². The monoisotopic (exact) mass is 717 g/mol. The number of amides is 2. The Balaban J connectivity index is 1.12. The van der Waals surface area contributed by atoms with Crippen molar-refractivity contribution in [3.63, 3.8) is 0 Å². The summed E-state index contributed by atoms with van der Waals surface area (Å²) in [6.07, 6.45) is 7.19. The van der Waals surface area contributed by atoms with Gasteiger partial charge in [0.2, 0.25) is 11.8 Å². The fourth-order valence-electron chi connectivity index (χ4n) is 7.02. The van der Waals surface area contributed by atoms with E-state index in [2.05, 4.69) is 58.1 Å². The number of carbonyl (C=O) groups is 3. The highest BCUT2D eigenvalue weighted by Crippen LogP contribution is 2.59. The van der Waals surface area contributed by atoms with Gasteiger partial charge < -0.3 is 10.2 Å². The van der Waals surface area contributed by atoms with Crippen molar-refractivity contribution in [3.05, 3.63) is 58.5 Å². The number of aromatic nitrogens is 6. The molecule has 4 aromatic heterocycles. The molecule has 0 radical (unpaired) electrons. The SMILES string of the molecule is CC(=O)c1nn(CC(=O)N2[C@H](C(=O)Nc3nc(Br)ccc3CN3CCC(C)(F)CC3)C[C@@]3(C)C[C@@H]23)c2cnc(-c3cnc(C)nc3)cc12. The van der Waals surface area contributed by atoms with Gasteiger partial charge in [0.1, 0.15) is 40.2 Å². The maximum absolute atomic E-state index is 14.4. The van der Waals surface area contributed by atoms with E-state index in [0.29, 0.717) is 77.3 Å². The molecule has 2 amide bonds. The van der Waals surface area contributed by atoms with Gasteiger partial charge in [-0.2, -0.15) is 5.10 Å². The second kappa shape index (κ2) is 12.1. The molecule has 14 heteroatoms. The minimum Gasteiger partial charge on any atom is -0.325 e. The molecule has 1 aliphatic carbocycles. The van der Waals surface area contributed by atoms with Crippen molar-refractivity contribution in [2.45, 2.75) is 84.2 Å². The summed E-state index contributed by atoms with van der Waals surface area (Å²) in [6, 6.07) is 4.73. The summed E-state index contributed by atoms with van der Waals surface area (Å²) >= 11 is 3.42. The van der Waals surface area contributed by atoms with Crippen LogP contribution < -0.4 is 5.32 Å². The largest absolute Gasteiger partial charge is 0.325 e. The molecule has 250 valence electrons. The van der Waals surface area contributed by atoms with E-state index in [4.69, 9.17) is 0 Å². The fraction of sp³-hybridized carbons (Fsp3) is 0.471. The topological polar surface area (TPSA) is 139 Å². The van der Waals surface area contributed by atoms with E-state index in [-0.39, 0.29) is 41.3 Å². The average Bonchev–Trinajstić information content (AvgIpc) is 3.40. The first kappa shape index (κ1) is 32.4. The van der Waals surface area contributed by atoms with Gasteiger partial charge >= 0.3 is 0 Å². The summed E-state index contributed by atoms with van der Waals surface area (Å²) in [4.78, 5) is 62.1. The number of rotatable bonds is 8. The van der Waals surface area contributed by atoms with Gasteiger partial charge in [-0.1, -0.05) is 13.0 Å². The van der Waals surface area contributed by atoms with E-state index in [1.807, 2.05) is 12.1 Å². The van der Waals surface area contributed by atoms with Gasteiger partial charge in [-0.25, -0.2) is 19.3 Å². The van der Waals surface area contributed by atoms with Crippen molar-refractivity contribution < 1.29 is 18.8 Å². The zero-order valence-corrected chi connectivity index (χ0v) is 28.9. The first-order chi connectivity index (χ1) is 22.8. The molecule has 0 spiro atoms. The third-order valence-electron chi connectivity index (χ3n) is 10.0. The Morgan fingerprint density at radius 2 is 1.79 bits per heavy atom. The second-order valence-electron chi connectivity index (χ2n) is 13.9. The third kappa shape index (κ3) is 6.23. The maximum Gasteiger partial charge on any atom is 0.248 e. The Morgan fingerprint density at radius 1 is 1.06 bits per heavy atom. The summed E-state index contributed by atoms with van der Waals surface area (Å²) < 4.78 is 16.5. The van der Waals surface area contributed by atoms with Crippen LogP contribution in [0.1, 0.15) is 68.3 Å². The quantitative estimate of drug-likeness (QED) is 0.199. The number of hydrogen-bond donors (Lipinski definition) is 1. The van der Waals surface area contributed by atoms with E-state index < -0.39 is 11.7 Å². The molecule has 48 heavy (non-hydrogen) atoms. The first-order valence-electron chi connectivity index (χ1n) is 16.2. The number of Topliss-reactive ketones (excluding diaryl/α,β-unsaturated/α-hetero) is 1. The van der Waals surface area contributed by atoms with Crippen LogP contribution in [0.3, 0.4) is 0 Å². The van der Waals surface area contributed by atoms with Crippen LogP contribution in [0.4, 0.5) is 10.2 Å². The number of halogens is 2. The minimum absolute atomic E-state index is 0.0700. The first-order valence-corrected chi connectivity index (χ1v) is 16.9. The van der Waals surface area contributed by atoms with E-state index in [9.17, 15) is 18.8 Å². The number of anilines is 1. The maximum atomic E-state index is 14.4. The number of likely N-dealkylation sites (tertiary alicyclic amines) is 2. The van der Waals surface area contributed by atoms with Gasteiger partial charge in [0, 0.05) is 61.5 Å². The molecule has 0 aromatic carbocycles. The van der Waals surface area contributed by atoms with E-state index in [1.165, 1.54) is 11.6 Å². The number of nitrogens with zero attached hydrogens (tertiary/aromatic N) is 8. The molecular weight excluding hydrogens is 681 g/mol. The summed E-state index contributed by atoms with van der Waals surface area (Å²) in [7, 11) is 0. The van der Waals surface area contributed by atoms with Gasteiger partial charge in [-0.3, -0.25) is 28.9 Å². The van der Waals surface area contributed by atoms with Crippen molar-refractivity contribution >= 4 is 50.2 Å². The lowest BCUT2D eigenvalue weighted by Gasteiger charge is -2.34. The van der Waals surface area contributed by atoms with Gasteiger partial charge in [0.05, 0.1) is 17.4 Å². The summed E-state index contributed by atoms with van der Waals surface area (Å²) in [6.45, 7) is 8.58. The summed E-state index contributed by atoms with van der Waals surface area (Å²) in [5.41, 5.74) is 1.57. The number of alkyl halides is 1. The molecule has 2 saturated heterocycles. The molecule has 1 N–H and O–H groups in total. The Bertz CT molecular complexity index is 1940. The van der Waals surface area contributed by atoms with E-state index in [1.54, 1.807) is 43.4 Å². The Kier molecular flexibility index (Phi) is 8.14. The summed E-state index contributed by atoms with van der Waals surface area (Å²) in [5, 5.41) is 8.13. The number of hydrogen-bond acceptors (Lipinski definition) is 9. The molecule has 4 aromatic rings. The normalized spacial score (nSPS) is 23.2. The van der Waals surface area contributed by atoms with Gasteiger partial charge in [-0.05, 0) is 73.0 Å². The molecular formula is C34H37BrFN9O3. The lowest BCUT2D eigenvalue weighted by molar-refractivity contribution is -0.138. The van der Waals surface area contributed by atoms with Crippen LogP contribution in [-0.4, -0.2) is 88.0 Å². The van der Waals surface area contributed by atoms with Crippen LogP contribution in [-0.2, 0) is 22.7 Å². The highest BCUT2D eigenvalue weighted by molar-refractivity contribution is 9.10. The van der Waals surface area contributed by atoms with Crippen molar-refractivity contribution in [1.29, 1.82) is 0 Å². The number of ketones is 1. The predicted octanol–water partition coefficient (Wildman–Crippen LogP) is 4.90. The lowest BCUT2D eigenvalue weighted by atomic mass is 9.95. The smallest absolute Gasteiger partial charge is 0.248 e. The van der Waals surface area contributed by atoms with E-state index in [0.717, 1.165) is 12.0 Å². The Hall–Kier alpha value is -4.17. The Morgan fingerprint density at radius 3 is 2.50 bits per heavy atom. The number of carbonyl (C=O) groups excluding carboxylic acids is 3. The van der Waals surface area contributed by atoms with Gasteiger partial charge in [0.15, 0.2) is 5.78 Å². The second-order valence-corrected chi connectivity index (χ2v) is 14.7. The van der Waals surface area contributed by atoms with Crippen molar-refractivity contribution in [2.75, 3.05) is 18.4 Å². The average molecular weight is 719 g/mol. The molecule has 0 unspecified atom stereocenters. The molecule has 3 fully saturated rings. The molecule has 1 saturated carbocycles. The van der Waals surface area contributed by atoms with Crippen molar-refractivity contribution in [2.24, 2.45) is 5.41 Å². The number of pyridine rings is 2. The minimum atomic E-state index is -1.16.